The van der Waals surface area contributed by atoms with Crippen molar-refractivity contribution in [3.05, 3.63) is 78.4 Å². The van der Waals surface area contributed by atoms with Crippen LogP contribution in [0.4, 0.5) is 8.78 Å². The van der Waals surface area contributed by atoms with Crippen molar-refractivity contribution in [2.45, 2.75) is 0 Å². The van der Waals surface area contributed by atoms with Crippen LogP contribution in [-0.2, 0) is 0 Å². The van der Waals surface area contributed by atoms with E-state index in [4.69, 9.17) is 4.74 Å². The predicted molar refractivity (Wildman–Crippen MR) is 95.6 cm³/mol. The van der Waals surface area contributed by atoms with Crippen molar-refractivity contribution in [3.8, 4) is 28.1 Å². The molecular weight excluding hydrogens is 320 g/mol. The van der Waals surface area contributed by atoms with E-state index < -0.39 is 0 Å². The summed E-state index contributed by atoms with van der Waals surface area (Å²) < 4.78 is 32.0. The van der Waals surface area contributed by atoms with Crippen LogP contribution >= 0.6 is 0 Å². The largest absolute Gasteiger partial charge is 0.497 e. The van der Waals surface area contributed by atoms with E-state index in [9.17, 15) is 8.78 Å². The van der Waals surface area contributed by atoms with E-state index in [0.717, 1.165) is 39.0 Å². The summed E-state index contributed by atoms with van der Waals surface area (Å²) in [6.07, 6.45) is 0. The molecule has 0 fully saturated rings. The highest BCUT2D eigenvalue weighted by molar-refractivity contribution is 6.04. The van der Waals surface area contributed by atoms with Gasteiger partial charge in [-0.25, -0.2) is 8.78 Å². The first-order chi connectivity index (χ1) is 12.2. The van der Waals surface area contributed by atoms with Gasteiger partial charge in [0.15, 0.2) is 0 Å². The Morgan fingerprint density at radius 3 is 1.96 bits per heavy atom. The number of methoxy groups -OCH3 is 1. The fourth-order valence-electron chi connectivity index (χ4n) is 3.05. The average molecular weight is 335 g/mol. The minimum atomic E-state index is -0.287. The zero-order chi connectivity index (χ0) is 17.4. The molecule has 0 amide bonds. The van der Waals surface area contributed by atoms with Gasteiger partial charge in [0.05, 0.1) is 12.8 Å². The zero-order valence-corrected chi connectivity index (χ0v) is 13.5. The molecule has 0 aliphatic heterocycles. The van der Waals surface area contributed by atoms with Gasteiger partial charge >= 0.3 is 0 Å². The van der Waals surface area contributed by atoms with E-state index in [-0.39, 0.29) is 11.6 Å². The molecule has 0 atom stereocenters. The summed E-state index contributed by atoms with van der Waals surface area (Å²) in [7, 11) is 1.62. The standard InChI is InChI=1S/C21H15F2NO/c1-25-17-10-11-19-18(12-17)20(13-2-6-15(22)7-3-13)21(24-19)14-4-8-16(23)9-5-14/h2-12,24H,1H3. The molecule has 0 unspecified atom stereocenters. The van der Waals surface area contributed by atoms with Crippen molar-refractivity contribution in [3.63, 3.8) is 0 Å². The number of aromatic nitrogens is 1. The summed E-state index contributed by atoms with van der Waals surface area (Å²) >= 11 is 0. The fraction of sp³-hybridized carbons (Fsp3) is 0.0476. The number of hydrogen-bond acceptors (Lipinski definition) is 1. The third-order valence-corrected chi connectivity index (χ3v) is 4.27. The molecule has 0 saturated heterocycles. The molecule has 0 saturated carbocycles. The van der Waals surface area contributed by atoms with E-state index in [1.165, 1.54) is 24.3 Å². The molecule has 0 aliphatic carbocycles. The maximum absolute atomic E-state index is 13.4. The van der Waals surface area contributed by atoms with Crippen LogP contribution in [0.5, 0.6) is 5.75 Å². The van der Waals surface area contributed by atoms with Crippen LogP contribution in [0.2, 0.25) is 0 Å². The lowest BCUT2D eigenvalue weighted by Gasteiger charge is -2.07. The van der Waals surface area contributed by atoms with E-state index in [0.29, 0.717) is 0 Å². The van der Waals surface area contributed by atoms with Crippen LogP contribution in [0.1, 0.15) is 0 Å². The Labute approximate surface area is 143 Å². The van der Waals surface area contributed by atoms with Gasteiger partial charge in [0.2, 0.25) is 0 Å². The maximum atomic E-state index is 13.4. The first kappa shape index (κ1) is 15.4. The minimum Gasteiger partial charge on any atom is -0.497 e. The molecule has 1 aromatic heterocycles. The third kappa shape index (κ3) is 2.76. The Bertz CT molecular complexity index is 1030. The number of H-pyrrole nitrogens is 1. The molecule has 3 aromatic carbocycles. The average Bonchev–Trinajstić information content (AvgIpc) is 3.01. The van der Waals surface area contributed by atoms with Crippen molar-refractivity contribution in [1.29, 1.82) is 0 Å². The van der Waals surface area contributed by atoms with Gasteiger partial charge in [0.1, 0.15) is 17.4 Å². The van der Waals surface area contributed by atoms with Crippen molar-refractivity contribution in [2.75, 3.05) is 7.11 Å². The summed E-state index contributed by atoms with van der Waals surface area (Å²) in [6.45, 7) is 0. The van der Waals surface area contributed by atoms with Crippen LogP contribution in [0.25, 0.3) is 33.3 Å². The number of fused-ring (bicyclic) bond motifs is 1. The van der Waals surface area contributed by atoms with Crippen LogP contribution in [0.3, 0.4) is 0 Å². The van der Waals surface area contributed by atoms with E-state index in [2.05, 4.69) is 4.98 Å². The molecular formula is C21H15F2NO. The number of rotatable bonds is 3. The summed E-state index contributed by atoms with van der Waals surface area (Å²) in [5.74, 6) is 0.162. The number of hydrogen-bond donors (Lipinski definition) is 1. The highest BCUT2D eigenvalue weighted by Crippen LogP contribution is 2.39. The zero-order valence-electron chi connectivity index (χ0n) is 13.5. The van der Waals surface area contributed by atoms with Gasteiger partial charge in [-0.15, -0.1) is 0 Å². The van der Waals surface area contributed by atoms with Gasteiger partial charge in [0.25, 0.3) is 0 Å². The molecule has 25 heavy (non-hydrogen) atoms. The molecule has 4 rings (SSSR count). The quantitative estimate of drug-likeness (QED) is 0.504. The van der Waals surface area contributed by atoms with Gasteiger partial charge in [-0.3, -0.25) is 0 Å². The van der Waals surface area contributed by atoms with Crippen LogP contribution in [0, 0.1) is 11.6 Å². The Hall–Kier alpha value is -3.14. The Morgan fingerprint density at radius 1 is 0.760 bits per heavy atom. The van der Waals surface area contributed by atoms with Crippen LogP contribution in [-0.4, -0.2) is 12.1 Å². The number of benzene rings is 3. The Morgan fingerprint density at radius 2 is 1.36 bits per heavy atom. The molecule has 4 heteroatoms. The molecule has 0 spiro atoms. The SMILES string of the molecule is COc1ccc2[nH]c(-c3ccc(F)cc3)c(-c3ccc(F)cc3)c2c1. The van der Waals surface area contributed by atoms with Gasteiger partial charge in [-0.1, -0.05) is 12.1 Å². The predicted octanol–water partition coefficient (Wildman–Crippen LogP) is 5.79. The Kier molecular flexibility index (Phi) is 3.73. The number of halogens is 2. The third-order valence-electron chi connectivity index (χ3n) is 4.27. The van der Waals surface area contributed by atoms with Crippen molar-refractivity contribution >= 4 is 10.9 Å². The van der Waals surface area contributed by atoms with Gasteiger partial charge in [-0.2, -0.15) is 0 Å². The lowest BCUT2D eigenvalue weighted by atomic mass is 9.98. The van der Waals surface area contributed by atoms with Crippen molar-refractivity contribution in [1.82, 2.24) is 4.98 Å². The lowest BCUT2D eigenvalue weighted by Crippen LogP contribution is -1.85. The number of ether oxygens (including phenoxy) is 1. The molecule has 1 heterocycles. The second-order valence-electron chi connectivity index (χ2n) is 5.80. The molecule has 4 aromatic rings. The second-order valence-corrected chi connectivity index (χ2v) is 5.80. The molecule has 0 bridgehead atoms. The summed E-state index contributed by atoms with van der Waals surface area (Å²) in [6, 6.07) is 18.4. The van der Waals surface area contributed by atoms with E-state index >= 15 is 0 Å². The lowest BCUT2D eigenvalue weighted by molar-refractivity contribution is 0.415. The fourth-order valence-corrected chi connectivity index (χ4v) is 3.05. The number of aromatic amines is 1. The van der Waals surface area contributed by atoms with Gasteiger partial charge in [0, 0.05) is 16.5 Å². The van der Waals surface area contributed by atoms with Crippen LogP contribution < -0.4 is 4.74 Å². The highest BCUT2D eigenvalue weighted by atomic mass is 19.1. The smallest absolute Gasteiger partial charge is 0.123 e. The molecule has 1 N–H and O–H groups in total. The van der Waals surface area contributed by atoms with E-state index in [1.54, 1.807) is 31.4 Å². The Balaban J connectivity index is 2.02. The molecule has 0 radical (unpaired) electrons. The summed E-state index contributed by atoms with van der Waals surface area (Å²) in [5, 5.41) is 0.963. The minimum absolute atomic E-state index is 0.287. The molecule has 2 nitrogen and oxygen atoms in total. The monoisotopic (exact) mass is 335 g/mol. The van der Waals surface area contributed by atoms with Crippen molar-refractivity contribution in [2.24, 2.45) is 0 Å². The van der Waals surface area contributed by atoms with Crippen LogP contribution in [0.15, 0.2) is 66.7 Å². The first-order valence-corrected chi connectivity index (χ1v) is 7.87. The summed E-state index contributed by atoms with van der Waals surface area (Å²) in [5.41, 5.74) is 4.45. The normalized spacial score (nSPS) is 11.0. The van der Waals surface area contributed by atoms with Gasteiger partial charge in [-0.05, 0) is 65.7 Å². The topological polar surface area (TPSA) is 25.0 Å². The molecule has 124 valence electrons. The van der Waals surface area contributed by atoms with Gasteiger partial charge < -0.3 is 9.72 Å². The highest BCUT2D eigenvalue weighted by Gasteiger charge is 2.16. The first-order valence-electron chi connectivity index (χ1n) is 7.87. The maximum Gasteiger partial charge on any atom is 0.123 e. The van der Waals surface area contributed by atoms with E-state index in [1.807, 2.05) is 18.2 Å². The molecule has 0 aliphatic rings. The second kappa shape index (κ2) is 6.06. The number of nitrogens with one attached hydrogen (secondary N) is 1. The van der Waals surface area contributed by atoms with Crippen molar-refractivity contribution < 1.29 is 13.5 Å². The summed E-state index contributed by atoms with van der Waals surface area (Å²) in [4.78, 5) is 3.39.